The van der Waals surface area contributed by atoms with Crippen LogP contribution >= 0.6 is 11.8 Å². The van der Waals surface area contributed by atoms with Crippen molar-refractivity contribution >= 4 is 23.2 Å². The van der Waals surface area contributed by atoms with E-state index in [2.05, 4.69) is 65.3 Å². The fraction of sp³-hybridized carbons (Fsp3) is 0.348. The number of likely N-dealkylation sites (tertiary alicyclic amines) is 1. The number of benzene rings is 2. The van der Waals surface area contributed by atoms with Crippen LogP contribution in [0.15, 0.2) is 70.1 Å². The van der Waals surface area contributed by atoms with Crippen LogP contribution in [0.25, 0.3) is 0 Å². The molecule has 0 unspecified atom stereocenters. The first kappa shape index (κ1) is 18.3. The molecule has 0 saturated carbocycles. The van der Waals surface area contributed by atoms with Gasteiger partial charge in [-0.15, -0.1) is 0 Å². The van der Waals surface area contributed by atoms with Crippen molar-refractivity contribution < 1.29 is 4.79 Å². The monoisotopic (exact) mass is 378 g/mol. The van der Waals surface area contributed by atoms with Gasteiger partial charge in [-0.2, -0.15) is 0 Å². The third-order valence-electron chi connectivity index (χ3n) is 5.23. The van der Waals surface area contributed by atoms with Gasteiger partial charge in [0.05, 0.1) is 17.3 Å². The molecule has 0 N–H and O–H groups in total. The van der Waals surface area contributed by atoms with E-state index in [-0.39, 0.29) is 5.78 Å². The van der Waals surface area contributed by atoms with Gasteiger partial charge in [-0.3, -0.25) is 9.69 Å². The minimum Gasteiger partial charge on any atom is -0.335 e. The Morgan fingerprint density at radius 2 is 1.81 bits per heavy atom. The van der Waals surface area contributed by atoms with Crippen LogP contribution in [0.5, 0.6) is 0 Å². The molecule has 0 aliphatic carbocycles. The first-order chi connectivity index (χ1) is 13.3. The molecular formula is C23H26N2OS. The number of hydrogen-bond acceptors (Lipinski definition) is 4. The molecule has 2 aromatic carbocycles. The Labute approximate surface area is 166 Å². The summed E-state index contributed by atoms with van der Waals surface area (Å²) < 4.78 is 0. The van der Waals surface area contributed by atoms with E-state index in [9.17, 15) is 4.79 Å². The lowest BCUT2D eigenvalue weighted by atomic mass is 10.0. The summed E-state index contributed by atoms with van der Waals surface area (Å²) >= 11 is 1.78. The summed E-state index contributed by atoms with van der Waals surface area (Å²) in [6.45, 7) is 5.52. The van der Waals surface area contributed by atoms with Crippen molar-refractivity contribution in [3.8, 4) is 0 Å². The standard InChI is InChI=1S/C23H26N2OS/c1-2-3-14-25-20-11-7-8-12-22(20)27-23(25)19-13-15-24(17-21(19)26)16-18-9-5-4-6-10-18/h4-12H,2-3,13-17H2,1H3/b23-19-. The highest BCUT2D eigenvalue weighted by Gasteiger charge is 2.32. The second-order valence-electron chi connectivity index (χ2n) is 7.23. The maximum absolute atomic E-state index is 13.0. The highest BCUT2D eigenvalue weighted by atomic mass is 32.2. The second kappa shape index (κ2) is 8.32. The smallest absolute Gasteiger partial charge is 0.175 e. The lowest BCUT2D eigenvalue weighted by Gasteiger charge is -2.30. The van der Waals surface area contributed by atoms with E-state index in [1.807, 2.05) is 6.07 Å². The van der Waals surface area contributed by atoms with E-state index >= 15 is 0 Å². The van der Waals surface area contributed by atoms with Crippen LogP contribution in [0.4, 0.5) is 5.69 Å². The first-order valence-corrected chi connectivity index (χ1v) is 10.6. The average Bonchev–Trinajstić information content (AvgIpc) is 3.05. The van der Waals surface area contributed by atoms with Crippen molar-refractivity contribution in [1.82, 2.24) is 4.90 Å². The highest BCUT2D eigenvalue weighted by Crippen LogP contribution is 2.48. The maximum Gasteiger partial charge on any atom is 0.175 e. The third kappa shape index (κ3) is 3.97. The molecule has 0 atom stereocenters. The van der Waals surface area contributed by atoms with Gasteiger partial charge in [-0.05, 0) is 30.5 Å². The van der Waals surface area contributed by atoms with E-state index in [0.717, 1.165) is 44.5 Å². The number of nitrogens with zero attached hydrogens (tertiary/aromatic N) is 2. The Hall–Kier alpha value is -2.04. The number of Topliss-reactive ketones (excluding diaryl/α,β-unsaturated/α-hetero) is 1. The molecule has 2 aromatic rings. The van der Waals surface area contributed by atoms with Crippen LogP contribution in [0.2, 0.25) is 0 Å². The number of carbonyl (C=O) groups excluding carboxylic acids is 1. The van der Waals surface area contributed by atoms with Gasteiger partial charge in [0.15, 0.2) is 5.78 Å². The number of fused-ring (bicyclic) bond motifs is 1. The molecule has 1 saturated heterocycles. The number of rotatable bonds is 5. The van der Waals surface area contributed by atoms with Gasteiger partial charge < -0.3 is 4.90 Å². The molecule has 0 bridgehead atoms. The SMILES string of the molecule is CCCCN1/C(=C2\CCN(Cc3ccccc3)CC2=O)Sc2ccccc21. The van der Waals surface area contributed by atoms with E-state index < -0.39 is 0 Å². The Morgan fingerprint density at radius 3 is 2.59 bits per heavy atom. The fourth-order valence-corrected chi connectivity index (χ4v) is 5.06. The van der Waals surface area contributed by atoms with Crippen LogP contribution in [0.1, 0.15) is 31.7 Å². The first-order valence-electron chi connectivity index (χ1n) is 9.83. The van der Waals surface area contributed by atoms with E-state index in [1.165, 1.54) is 21.2 Å². The molecule has 2 heterocycles. The molecule has 3 nitrogen and oxygen atoms in total. The maximum atomic E-state index is 13.0. The zero-order valence-corrected chi connectivity index (χ0v) is 16.7. The van der Waals surface area contributed by atoms with Gasteiger partial charge in [-0.1, -0.05) is 67.6 Å². The lowest BCUT2D eigenvalue weighted by molar-refractivity contribution is -0.118. The van der Waals surface area contributed by atoms with Gasteiger partial charge in [0.1, 0.15) is 0 Å². The van der Waals surface area contributed by atoms with Crippen molar-refractivity contribution in [2.45, 2.75) is 37.6 Å². The van der Waals surface area contributed by atoms with Crippen molar-refractivity contribution in [2.75, 3.05) is 24.5 Å². The number of carbonyl (C=O) groups is 1. The molecule has 0 aromatic heterocycles. The van der Waals surface area contributed by atoms with Crippen molar-refractivity contribution in [3.05, 3.63) is 70.8 Å². The molecule has 4 heteroatoms. The van der Waals surface area contributed by atoms with E-state index in [1.54, 1.807) is 11.8 Å². The minimum absolute atomic E-state index is 0.286. The van der Waals surface area contributed by atoms with Crippen LogP contribution in [0.3, 0.4) is 0 Å². The van der Waals surface area contributed by atoms with Crippen LogP contribution < -0.4 is 4.90 Å². The number of para-hydroxylation sites is 1. The fourth-order valence-electron chi connectivity index (χ4n) is 3.79. The number of thioether (sulfide) groups is 1. The summed E-state index contributed by atoms with van der Waals surface area (Å²) in [6.07, 6.45) is 3.13. The minimum atomic E-state index is 0.286. The summed E-state index contributed by atoms with van der Waals surface area (Å²) in [6, 6.07) is 19.0. The van der Waals surface area contributed by atoms with Gasteiger partial charge in [0, 0.05) is 30.1 Å². The van der Waals surface area contributed by atoms with Gasteiger partial charge in [-0.25, -0.2) is 0 Å². The Kier molecular flexibility index (Phi) is 5.65. The number of anilines is 1. The lowest BCUT2D eigenvalue weighted by Crippen LogP contribution is -2.38. The molecule has 2 aliphatic rings. The summed E-state index contributed by atoms with van der Waals surface area (Å²) in [4.78, 5) is 18.9. The van der Waals surface area contributed by atoms with Crippen molar-refractivity contribution in [2.24, 2.45) is 0 Å². The quantitative estimate of drug-likeness (QED) is 0.677. The van der Waals surface area contributed by atoms with Crippen molar-refractivity contribution in [3.63, 3.8) is 0 Å². The normalized spacial score (nSPS) is 20.2. The summed E-state index contributed by atoms with van der Waals surface area (Å²) in [7, 11) is 0. The molecule has 0 amide bonds. The predicted molar refractivity (Wildman–Crippen MR) is 113 cm³/mol. The number of ketones is 1. The van der Waals surface area contributed by atoms with Crippen molar-refractivity contribution in [1.29, 1.82) is 0 Å². The summed E-state index contributed by atoms with van der Waals surface area (Å²) in [5, 5.41) is 1.18. The van der Waals surface area contributed by atoms with Gasteiger partial charge in [0.25, 0.3) is 0 Å². The third-order valence-corrected chi connectivity index (χ3v) is 6.46. The largest absolute Gasteiger partial charge is 0.335 e. The Balaban J connectivity index is 1.53. The molecule has 140 valence electrons. The molecule has 27 heavy (non-hydrogen) atoms. The Morgan fingerprint density at radius 1 is 1.04 bits per heavy atom. The summed E-state index contributed by atoms with van der Waals surface area (Å²) in [5.41, 5.74) is 3.56. The van der Waals surface area contributed by atoms with E-state index in [0.29, 0.717) is 6.54 Å². The molecular weight excluding hydrogens is 352 g/mol. The molecule has 2 aliphatic heterocycles. The Bertz CT molecular complexity index is 846. The highest BCUT2D eigenvalue weighted by molar-refractivity contribution is 8.03. The number of hydrogen-bond donors (Lipinski definition) is 0. The van der Waals surface area contributed by atoms with E-state index in [4.69, 9.17) is 0 Å². The van der Waals surface area contributed by atoms with Crippen LogP contribution in [0, 0.1) is 0 Å². The van der Waals surface area contributed by atoms with Crippen LogP contribution in [-0.2, 0) is 11.3 Å². The molecule has 0 radical (unpaired) electrons. The van der Waals surface area contributed by atoms with Crippen LogP contribution in [-0.4, -0.2) is 30.3 Å². The second-order valence-corrected chi connectivity index (χ2v) is 8.26. The van der Waals surface area contributed by atoms with Gasteiger partial charge >= 0.3 is 0 Å². The molecule has 0 spiro atoms. The topological polar surface area (TPSA) is 23.6 Å². The number of unbranched alkanes of at least 4 members (excludes halogenated alkanes) is 1. The predicted octanol–water partition coefficient (Wildman–Crippen LogP) is 5.09. The summed E-state index contributed by atoms with van der Waals surface area (Å²) in [5.74, 6) is 0.286. The average molecular weight is 379 g/mol. The number of piperidine rings is 1. The zero-order valence-electron chi connectivity index (χ0n) is 15.9. The molecule has 1 fully saturated rings. The zero-order chi connectivity index (χ0) is 18.6. The molecule has 4 rings (SSSR count). The van der Waals surface area contributed by atoms with Gasteiger partial charge in [0.2, 0.25) is 0 Å².